The SMILES string of the molecule is Cc1ccc(-c2cc(C(F)(F)F)c3oc(CCN)cc3c2)nc1. The first-order valence-corrected chi connectivity index (χ1v) is 7.15. The number of nitrogens with zero attached hydrogens (tertiary/aromatic N) is 1. The average Bonchev–Trinajstić information content (AvgIpc) is 2.88. The van der Waals surface area contributed by atoms with Crippen molar-refractivity contribution in [3.63, 3.8) is 0 Å². The molecule has 0 aliphatic rings. The molecule has 0 aliphatic carbocycles. The smallest absolute Gasteiger partial charge is 0.420 e. The Morgan fingerprint density at radius 3 is 2.57 bits per heavy atom. The van der Waals surface area contributed by atoms with Gasteiger partial charge in [0.05, 0.1) is 11.3 Å². The maximum absolute atomic E-state index is 13.4. The van der Waals surface area contributed by atoms with Crippen LogP contribution in [0.4, 0.5) is 13.2 Å². The van der Waals surface area contributed by atoms with Crippen molar-refractivity contribution >= 4 is 11.0 Å². The minimum absolute atomic E-state index is 0.156. The molecule has 0 aliphatic heterocycles. The monoisotopic (exact) mass is 320 g/mol. The Balaban J connectivity index is 2.22. The standard InChI is InChI=1S/C17H15F3N2O/c1-10-2-3-15(22-9-10)11-6-12-7-13(4-5-21)23-16(12)14(8-11)17(18,19)20/h2-3,6-9H,4-5,21H2,1H3. The number of aryl methyl sites for hydroxylation is 1. The summed E-state index contributed by atoms with van der Waals surface area (Å²) >= 11 is 0. The molecular formula is C17H15F3N2O. The summed E-state index contributed by atoms with van der Waals surface area (Å²) in [5, 5.41) is 0.403. The normalized spacial score (nSPS) is 12.0. The number of rotatable bonds is 3. The lowest BCUT2D eigenvalue weighted by Gasteiger charge is -2.10. The molecule has 0 radical (unpaired) electrons. The number of fused-ring (bicyclic) bond motifs is 1. The van der Waals surface area contributed by atoms with Gasteiger partial charge in [0.1, 0.15) is 11.3 Å². The highest BCUT2D eigenvalue weighted by atomic mass is 19.4. The van der Waals surface area contributed by atoms with Crippen LogP contribution in [0.15, 0.2) is 40.9 Å². The van der Waals surface area contributed by atoms with E-state index in [2.05, 4.69) is 4.98 Å². The first-order valence-electron chi connectivity index (χ1n) is 7.15. The molecule has 3 aromatic rings. The van der Waals surface area contributed by atoms with E-state index in [1.165, 1.54) is 0 Å². The topological polar surface area (TPSA) is 52.0 Å². The molecule has 6 heteroatoms. The highest BCUT2D eigenvalue weighted by molar-refractivity contribution is 5.87. The molecule has 120 valence electrons. The number of halogens is 3. The molecule has 0 amide bonds. The largest absolute Gasteiger partial charge is 0.460 e. The summed E-state index contributed by atoms with van der Waals surface area (Å²) in [6.07, 6.45) is -2.48. The van der Waals surface area contributed by atoms with Gasteiger partial charge in [0, 0.05) is 23.6 Å². The van der Waals surface area contributed by atoms with Gasteiger partial charge in [0.2, 0.25) is 0 Å². The molecule has 0 bridgehead atoms. The fourth-order valence-corrected chi connectivity index (χ4v) is 2.47. The number of nitrogens with two attached hydrogens (primary N) is 1. The van der Waals surface area contributed by atoms with E-state index in [1.807, 2.05) is 13.0 Å². The summed E-state index contributed by atoms with van der Waals surface area (Å²) in [5.74, 6) is 0.446. The Morgan fingerprint density at radius 2 is 1.96 bits per heavy atom. The molecule has 2 heterocycles. The second-order valence-electron chi connectivity index (χ2n) is 5.41. The van der Waals surface area contributed by atoms with E-state index < -0.39 is 11.7 Å². The van der Waals surface area contributed by atoms with Crippen molar-refractivity contribution in [1.82, 2.24) is 4.98 Å². The van der Waals surface area contributed by atoms with E-state index >= 15 is 0 Å². The van der Waals surface area contributed by atoms with Gasteiger partial charge in [0.15, 0.2) is 0 Å². The van der Waals surface area contributed by atoms with Gasteiger partial charge in [-0.1, -0.05) is 6.07 Å². The molecule has 0 unspecified atom stereocenters. The quantitative estimate of drug-likeness (QED) is 0.782. The van der Waals surface area contributed by atoms with Crippen LogP contribution in [0.3, 0.4) is 0 Å². The maximum Gasteiger partial charge on any atom is 0.420 e. The fraction of sp³-hybridized carbons (Fsp3) is 0.235. The third kappa shape index (κ3) is 3.07. The number of pyridine rings is 1. The van der Waals surface area contributed by atoms with Gasteiger partial charge in [0.25, 0.3) is 0 Å². The molecule has 0 atom stereocenters. The summed E-state index contributed by atoms with van der Waals surface area (Å²) in [5.41, 5.74) is 6.34. The van der Waals surface area contributed by atoms with E-state index in [0.29, 0.717) is 35.4 Å². The molecule has 3 rings (SSSR count). The van der Waals surface area contributed by atoms with E-state index in [1.54, 1.807) is 24.4 Å². The van der Waals surface area contributed by atoms with Crippen LogP contribution in [0.2, 0.25) is 0 Å². The molecule has 0 saturated carbocycles. The van der Waals surface area contributed by atoms with Crippen molar-refractivity contribution in [3.05, 3.63) is 53.4 Å². The molecule has 1 aromatic carbocycles. The Labute approximate surface area is 130 Å². The summed E-state index contributed by atoms with van der Waals surface area (Å²) in [7, 11) is 0. The predicted octanol–water partition coefficient (Wildman–Crippen LogP) is 4.32. The third-order valence-corrected chi connectivity index (χ3v) is 3.57. The van der Waals surface area contributed by atoms with Gasteiger partial charge in [-0.2, -0.15) is 13.2 Å². The molecule has 23 heavy (non-hydrogen) atoms. The lowest BCUT2D eigenvalue weighted by atomic mass is 10.0. The molecule has 0 fully saturated rings. The fourth-order valence-electron chi connectivity index (χ4n) is 2.47. The zero-order chi connectivity index (χ0) is 16.6. The molecular weight excluding hydrogens is 305 g/mol. The third-order valence-electron chi connectivity index (χ3n) is 3.57. The number of hydrogen-bond donors (Lipinski definition) is 1. The molecule has 0 saturated heterocycles. The lowest BCUT2D eigenvalue weighted by Crippen LogP contribution is -2.05. The van der Waals surface area contributed by atoms with Crippen LogP contribution in [0.25, 0.3) is 22.2 Å². The summed E-state index contributed by atoms with van der Waals surface area (Å²) in [4.78, 5) is 4.20. The van der Waals surface area contributed by atoms with Crippen molar-refractivity contribution in [1.29, 1.82) is 0 Å². The van der Waals surface area contributed by atoms with Crippen molar-refractivity contribution < 1.29 is 17.6 Å². The van der Waals surface area contributed by atoms with Crippen LogP contribution in [-0.2, 0) is 12.6 Å². The maximum atomic E-state index is 13.4. The van der Waals surface area contributed by atoms with Crippen LogP contribution in [0.5, 0.6) is 0 Å². The van der Waals surface area contributed by atoms with Crippen molar-refractivity contribution in [2.45, 2.75) is 19.5 Å². The first kappa shape index (κ1) is 15.6. The van der Waals surface area contributed by atoms with Crippen molar-refractivity contribution in [3.8, 4) is 11.3 Å². The Kier molecular flexibility index (Phi) is 3.85. The highest BCUT2D eigenvalue weighted by Gasteiger charge is 2.35. The number of furan rings is 1. The van der Waals surface area contributed by atoms with Gasteiger partial charge in [-0.15, -0.1) is 0 Å². The second kappa shape index (κ2) is 5.70. The summed E-state index contributed by atoms with van der Waals surface area (Å²) in [6.45, 7) is 2.18. The highest BCUT2D eigenvalue weighted by Crippen LogP contribution is 2.39. The zero-order valence-electron chi connectivity index (χ0n) is 12.4. The summed E-state index contributed by atoms with van der Waals surface area (Å²) < 4.78 is 45.5. The molecule has 0 spiro atoms. The van der Waals surface area contributed by atoms with E-state index in [4.69, 9.17) is 10.2 Å². The van der Waals surface area contributed by atoms with Crippen LogP contribution in [0, 0.1) is 6.92 Å². The second-order valence-corrected chi connectivity index (χ2v) is 5.41. The molecule has 2 aromatic heterocycles. The van der Waals surface area contributed by atoms with Gasteiger partial charge < -0.3 is 10.2 Å². The van der Waals surface area contributed by atoms with Crippen LogP contribution < -0.4 is 5.73 Å². The Morgan fingerprint density at radius 1 is 1.17 bits per heavy atom. The minimum atomic E-state index is -4.50. The van der Waals surface area contributed by atoms with Crippen LogP contribution in [0.1, 0.15) is 16.9 Å². The Bertz CT molecular complexity index is 835. The van der Waals surface area contributed by atoms with E-state index in [9.17, 15) is 13.2 Å². The number of aromatic nitrogens is 1. The average molecular weight is 320 g/mol. The van der Waals surface area contributed by atoms with Crippen molar-refractivity contribution in [2.24, 2.45) is 5.73 Å². The minimum Gasteiger partial charge on any atom is -0.460 e. The first-order chi connectivity index (χ1) is 10.9. The lowest BCUT2D eigenvalue weighted by molar-refractivity contribution is -0.136. The molecule has 3 nitrogen and oxygen atoms in total. The van der Waals surface area contributed by atoms with Crippen molar-refractivity contribution in [2.75, 3.05) is 6.54 Å². The number of benzene rings is 1. The predicted molar refractivity (Wildman–Crippen MR) is 81.9 cm³/mol. The molecule has 2 N–H and O–H groups in total. The Hall–Kier alpha value is -2.34. The van der Waals surface area contributed by atoms with E-state index in [0.717, 1.165) is 11.6 Å². The van der Waals surface area contributed by atoms with Crippen LogP contribution >= 0.6 is 0 Å². The number of alkyl halides is 3. The van der Waals surface area contributed by atoms with Gasteiger partial charge in [-0.05, 0) is 43.3 Å². The van der Waals surface area contributed by atoms with Crippen LogP contribution in [-0.4, -0.2) is 11.5 Å². The van der Waals surface area contributed by atoms with Gasteiger partial charge in [-0.25, -0.2) is 0 Å². The zero-order valence-corrected chi connectivity index (χ0v) is 12.4. The number of hydrogen-bond acceptors (Lipinski definition) is 3. The summed E-state index contributed by atoms with van der Waals surface area (Å²) in [6, 6.07) is 7.86. The van der Waals surface area contributed by atoms with E-state index in [-0.39, 0.29) is 5.58 Å². The van der Waals surface area contributed by atoms with Gasteiger partial charge >= 0.3 is 6.18 Å². The van der Waals surface area contributed by atoms with Gasteiger partial charge in [-0.3, -0.25) is 4.98 Å².